The predicted octanol–water partition coefficient (Wildman–Crippen LogP) is 4.48. The molecule has 23 heavy (non-hydrogen) atoms. The van der Waals surface area contributed by atoms with Gasteiger partial charge in [0.25, 0.3) is 0 Å². The number of hydrogen-bond donors (Lipinski definition) is 1. The van der Waals surface area contributed by atoms with Crippen LogP contribution in [0.4, 0.5) is 0 Å². The molecule has 0 atom stereocenters. The van der Waals surface area contributed by atoms with Crippen LogP contribution in [0.2, 0.25) is 5.02 Å². The van der Waals surface area contributed by atoms with E-state index in [-0.39, 0.29) is 5.97 Å². The van der Waals surface area contributed by atoms with Crippen LogP contribution in [0.25, 0.3) is 21.9 Å². The third-order valence-electron chi connectivity index (χ3n) is 4.17. The molecule has 0 radical (unpaired) electrons. The summed E-state index contributed by atoms with van der Waals surface area (Å²) in [5.74, 6) is -0.173. The molecule has 1 aromatic carbocycles. The van der Waals surface area contributed by atoms with E-state index in [1.54, 1.807) is 0 Å². The largest absolute Gasteiger partial charge is 0.466 e. The Balaban J connectivity index is 2.10. The van der Waals surface area contributed by atoms with E-state index < -0.39 is 0 Å². The fraction of sp³-hybridized carbons (Fsp3) is 0.333. The third kappa shape index (κ3) is 2.91. The molecule has 0 aliphatic heterocycles. The highest BCUT2D eigenvalue weighted by Crippen LogP contribution is 2.32. The van der Waals surface area contributed by atoms with E-state index in [9.17, 15) is 4.79 Å². The molecule has 2 heterocycles. The number of aryl methyl sites for hydroxylation is 2. The van der Waals surface area contributed by atoms with Crippen molar-refractivity contribution in [1.82, 2.24) is 9.97 Å². The van der Waals surface area contributed by atoms with Gasteiger partial charge in [-0.15, -0.1) is 0 Å². The number of hydrogen-bond acceptors (Lipinski definition) is 3. The van der Waals surface area contributed by atoms with E-state index in [0.29, 0.717) is 24.5 Å². The lowest BCUT2D eigenvalue weighted by molar-refractivity contribution is -0.143. The molecule has 0 saturated carbocycles. The number of esters is 1. The number of nitrogens with zero attached hydrogens (tertiary/aromatic N) is 1. The topological polar surface area (TPSA) is 55.0 Å². The number of halogens is 1. The van der Waals surface area contributed by atoms with E-state index in [4.69, 9.17) is 16.3 Å². The van der Waals surface area contributed by atoms with Crippen LogP contribution in [-0.2, 0) is 16.0 Å². The van der Waals surface area contributed by atoms with Gasteiger partial charge >= 0.3 is 5.97 Å². The maximum absolute atomic E-state index is 11.6. The summed E-state index contributed by atoms with van der Waals surface area (Å²) in [6.45, 7) is 6.28. The third-order valence-corrected chi connectivity index (χ3v) is 4.40. The summed E-state index contributed by atoms with van der Waals surface area (Å²) in [5.41, 5.74) is 5.06. The average molecular weight is 331 g/mol. The fourth-order valence-electron chi connectivity index (χ4n) is 3.10. The predicted molar refractivity (Wildman–Crippen MR) is 93.0 cm³/mol. The molecule has 1 N–H and O–H groups in total. The lowest BCUT2D eigenvalue weighted by Gasteiger charge is -2.10. The Kier molecular flexibility index (Phi) is 4.26. The highest BCUT2D eigenvalue weighted by atomic mass is 35.5. The van der Waals surface area contributed by atoms with E-state index >= 15 is 0 Å². The number of aromatic amines is 1. The molecule has 4 nitrogen and oxygen atoms in total. The van der Waals surface area contributed by atoms with Crippen molar-refractivity contribution in [2.45, 2.75) is 33.6 Å². The average Bonchev–Trinajstić information content (AvgIpc) is 2.84. The van der Waals surface area contributed by atoms with Crippen molar-refractivity contribution in [3.8, 4) is 0 Å². The Hall–Kier alpha value is -2.07. The molecule has 0 amide bonds. The molecule has 120 valence electrons. The maximum Gasteiger partial charge on any atom is 0.306 e. The van der Waals surface area contributed by atoms with Gasteiger partial charge in [0.1, 0.15) is 5.65 Å². The van der Waals surface area contributed by atoms with Gasteiger partial charge in [-0.05, 0) is 56.5 Å². The first-order chi connectivity index (χ1) is 11.0. The van der Waals surface area contributed by atoms with Crippen LogP contribution in [0.3, 0.4) is 0 Å². The Morgan fingerprint density at radius 2 is 2.13 bits per heavy atom. The molecular weight excluding hydrogens is 312 g/mol. The van der Waals surface area contributed by atoms with Crippen molar-refractivity contribution in [2.75, 3.05) is 6.61 Å². The van der Waals surface area contributed by atoms with E-state index in [2.05, 4.69) is 16.9 Å². The zero-order valence-electron chi connectivity index (χ0n) is 13.5. The van der Waals surface area contributed by atoms with Gasteiger partial charge in [-0.2, -0.15) is 0 Å². The molecule has 3 aromatic rings. The summed E-state index contributed by atoms with van der Waals surface area (Å²) < 4.78 is 5.02. The van der Waals surface area contributed by atoms with Crippen LogP contribution in [0.15, 0.2) is 18.2 Å². The Morgan fingerprint density at radius 1 is 1.35 bits per heavy atom. The van der Waals surface area contributed by atoms with Crippen LogP contribution in [-0.4, -0.2) is 22.5 Å². The number of carbonyl (C=O) groups excluding carboxylic acids is 1. The molecule has 3 rings (SSSR count). The molecule has 0 fully saturated rings. The summed E-state index contributed by atoms with van der Waals surface area (Å²) in [6.07, 6.45) is 0.999. The van der Waals surface area contributed by atoms with Crippen LogP contribution in [0.1, 0.15) is 30.2 Å². The number of rotatable bonds is 4. The Bertz CT molecular complexity index is 899. The monoisotopic (exact) mass is 330 g/mol. The van der Waals surface area contributed by atoms with Crippen LogP contribution >= 0.6 is 11.6 Å². The van der Waals surface area contributed by atoms with E-state index in [0.717, 1.165) is 38.8 Å². The Labute approximate surface area is 139 Å². The minimum Gasteiger partial charge on any atom is -0.466 e. The first-order valence-corrected chi connectivity index (χ1v) is 8.11. The van der Waals surface area contributed by atoms with Gasteiger partial charge < -0.3 is 9.72 Å². The van der Waals surface area contributed by atoms with Crippen molar-refractivity contribution in [2.24, 2.45) is 0 Å². The summed E-state index contributed by atoms with van der Waals surface area (Å²) in [4.78, 5) is 19.7. The zero-order valence-corrected chi connectivity index (χ0v) is 14.3. The smallest absolute Gasteiger partial charge is 0.306 e. The highest BCUT2D eigenvalue weighted by Gasteiger charge is 2.15. The lowest BCUT2D eigenvalue weighted by atomic mass is 9.99. The van der Waals surface area contributed by atoms with Gasteiger partial charge in [0.15, 0.2) is 0 Å². The standard InChI is InChI=1S/C18H19ClN2O2/c1-4-23-16(22)8-6-13-10(2)17-14-9-12(19)5-7-15(14)21-18(17)20-11(13)3/h5,7,9H,4,6,8H2,1-3H3,(H,20,21). The fourth-order valence-corrected chi connectivity index (χ4v) is 3.27. The second kappa shape index (κ2) is 6.20. The summed E-state index contributed by atoms with van der Waals surface area (Å²) in [7, 11) is 0. The highest BCUT2D eigenvalue weighted by molar-refractivity contribution is 6.31. The molecule has 0 saturated heterocycles. The van der Waals surface area contributed by atoms with Crippen molar-refractivity contribution in [1.29, 1.82) is 0 Å². The van der Waals surface area contributed by atoms with E-state index in [1.807, 2.05) is 32.0 Å². The molecule has 2 aromatic heterocycles. The molecule has 0 unspecified atom stereocenters. The van der Waals surface area contributed by atoms with E-state index in [1.165, 1.54) is 0 Å². The molecular formula is C18H19ClN2O2. The van der Waals surface area contributed by atoms with Gasteiger partial charge in [-0.25, -0.2) is 4.98 Å². The molecule has 0 aliphatic carbocycles. The van der Waals surface area contributed by atoms with Crippen molar-refractivity contribution in [3.05, 3.63) is 40.0 Å². The number of benzene rings is 1. The van der Waals surface area contributed by atoms with Crippen LogP contribution in [0.5, 0.6) is 0 Å². The SMILES string of the molecule is CCOC(=O)CCc1c(C)nc2[nH]c3ccc(Cl)cc3c2c1C. The normalized spacial score (nSPS) is 11.3. The zero-order chi connectivity index (χ0) is 16.6. The van der Waals surface area contributed by atoms with Gasteiger partial charge in [0.2, 0.25) is 0 Å². The van der Waals surface area contributed by atoms with Crippen LogP contribution < -0.4 is 0 Å². The Morgan fingerprint density at radius 3 is 2.87 bits per heavy atom. The number of fused-ring (bicyclic) bond motifs is 3. The number of nitrogens with one attached hydrogen (secondary N) is 1. The quantitative estimate of drug-likeness (QED) is 0.717. The number of H-pyrrole nitrogens is 1. The minimum absolute atomic E-state index is 0.173. The molecule has 0 spiro atoms. The van der Waals surface area contributed by atoms with Crippen molar-refractivity contribution in [3.63, 3.8) is 0 Å². The maximum atomic E-state index is 11.6. The van der Waals surface area contributed by atoms with Crippen molar-refractivity contribution < 1.29 is 9.53 Å². The molecule has 5 heteroatoms. The van der Waals surface area contributed by atoms with Crippen LogP contribution in [0, 0.1) is 13.8 Å². The van der Waals surface area contributed by atoms with Gasteiger partial charge in [-0.3, -0.25) is 4.79 Å². The van der Waals surface area contributed by atoms with Crippen molar-refractivity contribution >= 4 is 39.5 Å². The second-order valence-electron chi connectivity index (χ2n) is 5.64. The van der Waals surface area contributed by atoms with Gasteiger partial charge in [-0.1, -0.05) is 11.6 Å². The summed E-state index contributed by atoms with van der Waals surface area (Å²) >= 11 is 6.14. The lowest BCUT2D eigenvalue weighted by Crippen LogP contribution is -2.07. The first-order valence-electron chi connectivity index (χ1n) is 7.74. The van der Waals surface area contributed by atoms with Gasteiger partial charge in [0.05, 0.1) is 6.61 Å². The summed E-state index contributed by atoms with van der Waals surface area (Å²) in [5, 5.41) is 2.84. The number of aromatic nitrogens is 2. The molecule has 0 aliphatic rings. The summed E-state index contributed by atoms with van der Waals surface area (Å²) in [6, 6.07) is 5.78. The number of carbonyl (C=O) groups is 1. The van der Waals surface area contributed by atoms with Gasteiger partial charge in [0, 0.05) is 33.4 Å². The minimum atomic E-state index is -0.173. The number of pyridine rings is 1. The first kappa shape index (κ1) is 15.8. The number of ether oxygens (including phenoxy) is 1. The molecule has 0 bridgehead atoms. The second-order valence-corrected chi connectivity index (χ2v) is 6.08.